The summed E-state index contributed by atoms with van der Waals surface area (Å²) >= 11 is 0. The molecule has 0 bridgehead atoms. The zero-order valence-corrected chi connectivity index (χ0v) is 35.3. The molecule has 4 aromatic heterocycles. The summed E-state index contributed by atoms with van der Waals surface area (Å²) in [4.78, 5) is 22.8. The average Bonchev–Trinajstić information content (AvgIpc) is 3.60. The number of fused-ring (bicyclic) bond motifs is 3. The van der Waals surface area contributed by atoms with Crippen molar-refractivity contribution >= 4 is 21.8 Å². The molecule has 10 rings (SSSR count). The van der Waals surface area contributed by atoms with Crippen LogP contribution in [0.5, 0.6) is 23.0 Å². The van der Waals surface area contributed by atoms with Crippen LogP contribution in [-0.4, -0.2) is 29.5 Å². The fourth-order valence-corrected chi connectivity index (χ4v) is 6.75. The van der Waals surface area contributed by atoms with Crippen LogP contribution < -0.4 is 9.47 Å². The van der Waals surface area contributed by atoms with E-state index in [0.29, 0.717) is 40.0 Å². The van der Waals surface area contributed by atoms with Gasteiger partial charge in [0.1, 0.15) is 12.7 Å². The molecule has 0 N–H and O–H groups in total. The number of ether oxygens (including phenoxy) is 2. The molecular formula is C49H28N6O2Pt2. The first-order valence-corrected chi connectivity index (χ1v) is 18.2. The Labute approximate surface area is 369 Å². The van der Waals surface area contributed by atoms with E-state index in [1.807, 2.05) is 162 Å². The Morgan fingerprint density at radius 2 is 0.814 bits per heavy atom. The summed E-state index contributed by atoms with van der Waals surface area (Å²) in [5.41, 5.74) is 8.48. The number of hydrogen-bond donors (Lipinski definition) is 0. The maximum atomic E-state index is 6.38. The van der Waals surface area contributed by atoms with Crippen LogP contribution in [0.25, 0.3) is 72.8 Å². The monoisotopic (exact) mass is 1120 g/mol. The van der Waals surface area contributed by atoms with Crippen molar-refractivity contribution in [3.63, 3.8) is 0 Å². The molecule has 0 aliphatic carbocycles. The molecule has 4 heterocycles. The third kappa shape index (κ3) is 8.24. The third-order valence-electron chi connectivity index (χ3n) is 9.38. The smallest absolute Gasteiger partial charge is 0.503 e. The van der Waals surface area contributed by atoms with Gasteiger partial charge in [-0.25, -0.2) is 15.0 Å². The normalized spacial score (nSPS) is 10.8. The van der Waals surface area contributed by atoms with E-state index in [4.69, 9.17) is 19.4 Å². The van der Waals surface area contributed by atoms with Gasteiger partial charge in [0.25, 0.3) is 0 Å². The number of aromatic nitrogens is 6. The Balaban J connectivity index is 0.00000242. The molecule has 0 spiro atoms. The standard InChI is InChI=1S/C49H28N6O2.2Pt/c1-3-11-33(12-4-1)43-19-9-21-45(53-43)35-15-7-17-37(27-35)56-39-23-25-41-42-26-24-40(30-48(42)55(47(41)29-39)49-51-31-50-32-52-49)57-38-18-8-16-36(28-38)46-22-10-20-44(54-46)34-13-5-2-6-14-34;;/h1-26,31-32H;;/q-4;2*+2. The Bertz CT molecular complexity index is 2850. The zero-order valence-electron chi connectivity index (χ0n) is 30.8. The molecule has 10 aromatic rings. The zero-order chi connectivity index (χ0) is 38.0. The van der Waals surface area contributed by atoms with Gasteiger partial charge in [-0.15, -0.1) is 71.8 Å². The van der Waals surface area contributed by atoms with Crippen molar-refractivity contribution in [3.8, 4) is 74.0 Å². The van der Waals surface area contributed by atoms with Gasteiger partial charge in [0.15, 0.2) is 0 Å². The second-order valence-electron chi connectivity index (χ2n) is 13.1. The van der Waals surface area contributed by atoms with Crippen LogP contribution in [0.4, 0.5) is 0 Å². The van der Waals surface area contributed by atoms with Crippen molar-refractivity contribution in [3.05, 3.63) is 195 Å². The summed E-state index contributed by atoms with van der Waals surface area (Å²) in [6.07, 6.45) is 2.92. The van der Waals surface area contributed by atoms with E-state index in [9.17, 15) is 0 Å². The minimum atomic E-state index is 0. The van der Waals surface area contributed by atoms with Gasteiger partial charge in [0.05, 0.1) is 11.4 Å². The van der Waals surface area contributed by atoms with Gasteiger partial charge in [-0.1, -0.05) is 108 Å². The number of nitrogens with zero attached hydrogens (tertiary/aromatic N) is 6. The van der Waals surface area contributed by atoms with Crippen LogP contribution in [0.3, 0.4) is 0 Å². The second kappa shape index (κ2) is 17.5. The van der Waals surface area contributed by atoms with Crippen molar-refractivity contribution in [1.29, 1.82) is 0 Å². The van der Waals surface area contributed by atoms with Crippen molar-refractivity contribution in [1.82, 2.24) is 29.5 Å². The molecule has 10 heteroatoms. The minimum Gasteiger partial charge on any atom is -0.503 e. The average molecular weight is 1120 g/mol. The topological polar surface area (TPSA) is 87.8 Å². The molecule has 6 aromatic carbocycles. The second-order valence-corrected chi connectivity index (χ2v) is 13.1. The van der Waals surface area contributed by atoms with Gasteiger partial charge in [-0.3, -0.25) is 9.97 Å². The van der Waals surface area contributed by atoms with Crippen molar-refractivity contribution in [2.24, 2.45) is 0 Å². The molecule has 8 nitrogen and oxygen atoms in total. The molecule has 0 amide bonds. The van der Waals surface area contributed by atoms with Crippen LogP contribution in [0, 0.1) is 24.3 Å². The maximum Gasteiger partial charge on any atom is 2.00 e. The van der Waals surface area contributed by atoms with Gasteiger partial charge in [-0.05, 0) is 34.6 Å². The summed E-state index contributed by atoms with van der Waals surface area (Å²) < 4.78 is 14.6. The number of pyridine rings is 2. The molecule has 0 fully saturated rings. The van der Waals surface area contributed by atoms with Crippen LogP contribution in [0.1, 0.15) is 0 Å². The van der Waals surface area contributed by atoms with Crippen molar-refractivity contribution in [2.45, 2.75) is 0 Å². The summed E-state index contributed by atoms with van der Waals surface area (Å²) in [6.45, 7) is 0. The number of benzene rings is 6. The van der Waals surface area contributed by atoms with Crippen molar-refractivity contribution in [2.75, 3.05) is 0 Å². The SMILES string of the molecule is [Pt+2].[Pt+2].[c-]1c(Oc2[c-]c3c(cc2)c2ccc(Oc4[c-]c(-c5cccc(-c6ccccc6)n5)ccc4)[c-]c2n3-c2ncncn2)cccc1-c1cccc(-c2ccccc2)n1. The predicted molar refractivity (Wildman–Crippen MR) is 220 cm³/mol. The quantitative estimate of drug-likeness (QED) is 0.133. The fourth-order valence-electron chi connectivity index (χ4n) is 6.75. The molecule has 0 radical (unpaired) electrons. The van der Waals surface area contributed by atoms with E-state index in [0.717, 1.165) is 55.8 Å². The molecule has 0 unspecified atom stereocenters. The summed E-state index contributed by atoms with van der Waals surface area (Å²) in [5, 5.41) is 1.83. The Kier molecular flexibility index (Phi) is 11.6. The first kappa shape index (κ1) is 39.2. The van der Waals surface area contributed by atoms with E-state index >= 15 is 0 Å². The number of hydrogen-bond acceptors (Lipinski definition) is 7. The van der Waals surface area contributed by atoms with Gasteiger partial charge >= 0.3 is 42.1 Å². The van der Waals surface area contributed by atoms with Crippen molar-refractivity contribution < 1.29 is 51.6 Å². The van der Waals surface area contributed by atoms with Gasteiger partial charge in [0.2, 0.25) is 5.95 Å². The molecule has 0 saturated heterocycles. The minimum absolute atomic E-state index is 0. The van der Waals surface area contributed by atoms with E-state index in [1.165, 1.54) is 12.7 Å². The largest absolute Gasteiger partial charge is 2.00 e. The van der Waals surface area contributed by atoms with Crippen LogP contribution in [-0.2, 0) is 42.1 Å². The Morgan fingerprint density at radius 1 is 0.390 bits per heavy atom. The van der Waals surface area contributed by atoms with Crippen LogP contribution in [0.15, 0.2) is 170 Å². The van der Waals surface area contributed by atoms with Crippen LogP contribution >= 0.6 is 0 Å². The summed E-state index contributed by atoms with van der Waals surface area (Å²) in [5.74, 6) is 2.45. The van der Waals surface area contributed by atoms with E-state index < -0.39 is 0 Å². The van der Waals surface area contributed by atoms with Gasteiger partial charge in [-0.2, -0.15) is 22.9 Å². The fraction of sp³-hybridized carbons (Fsp3) is 0. The molecule has 0 aliphatic rings. The third-order valence-corrected chi connectivity index (χ3v) is 9.38. The van der Waals surface area contributed by atoms with Crippen LogP contribution in [0.2, 0.25) is 0 Å². The maximum absolute atomic E-state index is 6.38. The predicted octanol–water partition coefficient (Wildman–Crippen LogP) is 11.2. The van der Waals surface area contributed by atoms with E-state index in [2.05, 4.69) is 39.2 Å². The first-order chi connectivity index (χ1) is 28.2. The summed E-state index contributed by atoms with van der Waals surface area (Å²) in [7, 11) is 0. The molecular weight excluding hydrogens is 1090 g/mol. The molecule has 0 atom stereocenters. The first-order valence-electron chi connectivity index (χ1n) is 18.2. The molecule has 0 saturated carbocycles. The molecule has 286 valence electrons. The Hall–Kier alpha value is -6.59. The summed E-state index contributed by atoms with van der Waals surface area (Å²) in [6, 6.07) is 65.2. The molecule has 59 heavy (non-hydrogen) atoms. The Morgan fingerprint density at radius 3 is 1.29 bits per heavy atom. The van der Waals surface area contributed by atoms with Gasteiger partial charge in [0, 0.05) is 23.0 Å². The number of rotatable bonds is 9. The van der Waals surface area contributed by atoms with E-state index in [1.54, 1.807) is 0 Å². The molecule has 0 aliphatic heterocycles. The van der Waals surface area contributed by atoms with Gasteiger partial charge < -0.3 is 14.0 Å². The van der Waals surface area contributed by atoms with E-state index in [-0.39, 0.29) is 42.1 Å².